The van der Waals surface area contributed by atoms with E-state index in [9.17, 15) is 22.8 Å². The molecule has 9 heteroatoms. The second kappa shape index (κ2) is 7.52. The summed E-state index contributed by atoms with van der Waals surface area (Å²) in [5.41, 5.74) is 2.37. The maximum absolute atomic E-state index is 12.9. The summed E-state index contributed by atoms with van der Waals surface area (Å²) in [5.74, 6) is -1.43. The highest BCUT2D eigenvalue weighted by atomic mass is 35.5. The quantitative estimate of drug-likeness (QED) is 0.727. The van der Waals surface area contributed by atoms with Crippen LogP contribution in [0.15, 0.2) is 41.3 Å². The summed E-state index contributed by atoms with van der Waals surface area (Å²) >= 11 is 6.06. The second-order valence-electron chi connectivity index (χ2n) is 7.56. The van der Waals surface area contributed by atoms with Crippen LogP contribution in [0.4, 0.5) is 0 Å². The molecular weight excluding hydrogens is 428 g/mol. The van der Waals surface area contributed by atoms with Gasteiger partial charge in [-0.1, -0.05) is 29.8 Å². The van der Waals surface area contributed by atoms with Crippen LogP contribution in [0.25, 0.3) is 0 Å². The molecule has 2 aliphatic rings. The van der Waals surface area contributed by atoms with Crippen LogP contribution < -0.4 is 5.32 Å². The van der Waals surface area contributed by atoms with Crippen LogP contribution in [0.3, 0.4) is 0 Å². The van der Waals surface area contributed by atoms with E-state index < -0.39 is 21.8 Å². The number of sulfone groups is 1. The number of amides is 3. The van der Waals surface area contributed by atoms with E-state index in [0.29, 0.717) is 16.1 Å². The van der Waals surface area contributed by atoms with Gasteiger partial charge in [0.15, 0.2) is 9.84 Å². The molecule has 3 amide bonds. The Kier molecular flexibility index (Phi) is 5.15. The summed E-state index contributed by atoms with van der Waals surface area (Å²) in [4.78, 5) is 37.9. The molecule has 2 aromatic carbocycles. The van der Waals surface area contributed by atoms with Crippen molar-refractivity contribution in [3.8, 4) is 0 Å². The van der Waals surface area contributed by atoms with E-state index in [-0.39, 0.29) is 41.8 Å². The number of piperidine rings is 1. The number of fused-ring (bicyclic) bond motifs is 1. The van der Waals surface area contributed by atoms with Gasteiger partial charge in [0, 0.05) is 23.6 Å². The van der Waals surface area contributed by atoms with Gasteiger partial charge >= 0.3 is 0 Å². The van der Waals surface area contributed by atoms with Crippen molar-refractivity contribution in [2.45, 2.75) is 43.0 Å². The van der Waals surface area contributed by atoms with Crippen LogP contribution in [0.2, 0.25) is 5.02 Å². The van der Waals surface area contributed by atoms with Crippen molar-refractivity contribution in [2.24, 2.45) is 0 Å². The molecule has 0 aromatic heterocycles. The number of halogens is 1. The predicted octanol–water partition coefficient (Wildman–Crippen LogP) is 2.38. The van der Waals surface area contributed by atoms with E-state index in [0.717, 1.165) is 11.1 Å². The molecule has 0 bridgehead atoms. The Morgan fingerprint density at radius 1 is 1.13 bits per heavy atom. The number of nitrogens with zero attached hydrogens (tertiary/aromatic N) is 1. The Hall–Kier alpha value is -2.71. The minimum absolute atomic E-state index is 0.120. The van der Waals surface area contributed by atoms with Crippen molar-refractivity contribution in [2.75, 3.05) is 0 Å². The van der Waals surface area contributed by atoms with E-state index in [4.69, 9.17) is 11.6 Å². The number of carbonyl (C=O) groups excluding carboxylic acids is 3. The van der Waals surface area contributed by atoms with E-state index in [1.807, 2.05) is 0 Å². The molecule has 4 rings (SSSR count). The van der Waals surface area contributed by atoms with Crippen molar-refractivity contribution in [3.05, 3.63) is 63.7 Å². The van der Waals surface area contributed by atoms with Crippen molar-refractivity contribution in [1.82, 2.24) is 10.2 Å². The van der Waals surface area contributed by atoms with Crippen molar-refractivity contribution in [3.63, 3.8) is 0 Å². The fraction of sp³-hybridized carbons (Fsp3) is 0.286. The lowest BCUT2D eigenvalue weighted by Crippen LogP contribution is -2.52. The third-order valence-corrected chi connectivity index (χ3v) is 7.54. The van der Waals surface area contributed by atoms with Gasteiger partial charge in [0.1, 0.15) is 6.04 Å². The third-order valence-electron chi connectivity index (χ3n) is 5.45. The normalized spacial score (nSPS) is 19.1. The molecule has 2 aromatic rings. The van der Waals surface area contributed by atoms with Crippen molar-refractivity contribution < 1.29 is 22.8 Å². The summed E-state index contributed by atoms with van der Waals surface area (Å²) in [6, 6.07) is 8.84. The van der Waals surface area contributed by atoms with Gasteiger partial charge in [0.25, 0.3) is 5.91 Å². The van der Waals surface area contributed by atoms with Crippen LogP contribution in [-0.2, 0) is 31.7 Å². The molecule has 2 aliphatic heterocycles. The van der Waals surface area contributed by atoms with Crippen LogP contribution in [-0.4, -0.2) is 37.1 Å². The van der Waals surface area contributed by atoms with E-state index >= 15 is 0 Å². The summed E-state index contributed by atoms with van der Waals surface area (Å²) in [7, 11) is -3.65. The fourth-order valence-corrected chi connectivity index (χ4v) is 5.36. The van der Waals surface area contributed by atoms with Gasteiger partial charge < -0.3 is 4.90 Å². The number of nitrogens with one attached hydrogen (secondary N) is 1. The average Bonchev–Trinajstić information content (AvgIpc) is 3.00. The molecule has 1 atom stereocenters. The Bertz CT molecular complexity index is 1190. The summed E-state index contributed by atoms with van der Waals surface area (Å²) in [6.07, 6.45) is 0.457. The summed E-state index contributed by atoms with van der Waals surface area (Å²) < 4.78 is 25.6. The van der Waals surface area contributed by atoms with E-state index in [1.165, 1.54) is 17.0 Å². The molecule has 1 saturated heterocycles. The second-order valence-corrected chi connectivity index (χ2v) is 9.96. The molecule has 1 fully saturated rings. The lowest BCUT2D eigenvalue weighted by Gasteiger charge is -2.29. The molecule has 2 heterocycles. The fourth-order valence-electron chi connectivity index (χ4n) is 3.76. The highest BCUT2D eigenvalue weighted by Gasteiger charge is 2.39. The molecular formula is C21H19ClN2O5S. The highest BCUT2D eigenvalue weighted by molar-refractivity contribution is 7.90. The lowest BCUT2D eigenvalue weighted by molar-refractivity contribution is -0.136. The van der Waals surface area contributed by atoms with Gasteiger partial charge in [-0.2, -0.15) is 0 Å². The Morgan fingerprint density at radius 2 is 1.90 bits per heavy atom. The van der Waals surface area contributed by atoms with Gasteiger partial charge in [-0.25, -0.2) is 8.42 Å². The third kappa shape index (κ3) is 3.73. The number of hydrogen-bond acceptors (Lipinski definition) is 5. The minimum Gasteiger partial charge on any atom is -0.322 e. The first kappa shape index (κ1) is 20.6. The van der Waals surface area contributed by atoms with Gasteiger partial charge in [0.05, 0.1) is 10.6 Å². The standard InChI is InChI=1S/C21H19ClN2O5S/c1-12-2-5-15(9-17(12)22)30(28,29)11-13-3-4-14-10-24(21(27)16(14)8-13)18-6-7-19(25)23-20(18)26/h2-5,8-9,18H,6-7,10-11H2,1H3,(H,23,25,26). The molecule has 0 saturated carbocycles. The average molecular weight is 447 g/mol. The van der Waals surface area contributed by atoms with E-state index in [2.05, 4.69) is 5.32 Å². The molecule has 156 valence electrons. The van der Waals surface area contributed by atoms with Crippen LogP contribution in [0, 0.1) is 6.92 Å². The molecule has 0 spiro atoms. The SMILES string of the molecule is Cc1ccc(S(=O)(=O)Cc2ccc3c(c2)C(=O)N(C2CCC(=O)NC2=O)C3)cc1Cl. The Labute approximate surface area is 178 Å². The topological polar surface area (TPSA) is 101 Å². The van der Waals surface area contributed by atoms with Gasteiger partial charge in [0.2, 0.25) is 11.8 Å². The van der Waals surface area contributed by atoms with Crippen molar-refractivity contribution in [1.29, 1.82) is 0 Å². The number of carbonyl (C=O) groups is 3. The van der Waals surface area contributed by atoms with Gasteiger partial charge in [-0.05, 0) is 48.2 Å². The predicted molar refractivity (Wildman–Crippen MR) is 110 cm³/mol. The first-order valence-electron chi connectivity index (χ1n) is 9.41. The highest BCUT2D eigenvalue weighted by Crippen LogP contribution is 2.29. The largest absolute Gasteiger partial charge is 0.322 e. The maximum atomic E-state index is 12.9. The number of imide groups is 1. The number of benzene rings is 2. The lowest BCUT2D eigenvalue weighted by atomic mass is 10.0. The van der Waals surface area contributed by atoms with Crippen molar-refractivity contribution >= 4 is 39.2 Å². The first-order valence-corrected chi connectivity index (χ1v) is 11.4. The Morgan fingerprint density at radius 3 is 2.60 bits per heavy atom. The zero-order valence-corrected chi connectivity index (χ0v) is 17.7. The monoisotopic (exact) mass is 446 g/mol. The van der Waals surface area contributed by atoms with Crippen LogP contribution in [0.5, 0.6) is 0 Å². The number of rotatable bonds is 4. The molecule has 0 aliphatic carbocycles. The summed E-state index contributed by atoms with van der Waals surface area (Å²) in [5, 5.41) is 2.64. The maximum Gasteiger partial charge on any atom is 0.255 e. The van der Waals surface area contributed by atoms with E-state index in [1.54, 1.807) is 31.2 Å². The number of hydrogen-bond donors (Lipinski definition) is 1. The van der Waals surface area contributed by atoms with Crippen LogP contribution >= 0.6 is 11.6 Å². The molecule has 0 radical (unpaired) electrons. The zero-order valence-electron chi connectivity index (χ0n) is 16.1. The number of aryl methyl sites for hydroxylation is 1. The Balaban J connectivity index is 1.57. The molecule has 1 N–H and O–H groups in total. The summed E-state index contributed by atoms with van der Waals surface area (Å²) in [6.45, 7) is 2.04. The molecule has 1 unspecified atom stereocenters. The molecule has 7 nitrogen and oxygen atoms in total. The van der Waals surface area contributed by atoms with Gasteiger partial charge in [-0.3, -0.25) is 19.7 Å². The molecule has 30 heavy (non-hydrogen) atoms. The minimum atomic E-state index is -3.65. The first-order chi connectivity index (χ1) is 14.2. The smallest absolute Gasteiger partial charge is 0.255 e. The zero-order chi connectivity index (χ0) is 21.6. The van der Waals surface area contributed by atoms with Gasteiger partial charge in [-0.15, -0.1) is 0 Å². The van der Waals surface area contributed by atoms with Crippen LogP contribution in [0.1, 0.15) is 39.9 Å².